The van der Waals surface area contributed by atoms with E-state index >= 15 is 0 Å². The van der Waals surface area contributed by atoms with E-state index in [-0.39, 0.29) is 10.9 Å². The highest BCUT2D eigenvalue weighted by Crippen LogP contribution is 2.22. The zero-order chi connectivity index (χ0) is 15.5. The average molecular weight is 326 g/mol. The molecule has 0 aliphatic carbocycles. The summed E-state index contributed by atoms with van der Waals surface area (Å²) in [5.41, 5.74) is 0. The Hall–Kier alpha value is -1.51. The lowest BCUT2D eigenvalue weighted by molar-refractivity contribution is 0.566. The maximum atomic E-state index is 12.4. The molecule has 1 atom stereocenters. The second kappa shape index (κ2) is 6.50. The van der Waals surface area contributed by atoms with Crippen molar-refractivity contribution in [1.82, 2.24) is 14.7 Å². The van der Waals surface area contributed by atoms with Crippen molar-refractivity contribution in [2.24, 2.45) is 0 Å². The molecule has 21 heavy (non-hydrogen) atoms. The largest absolute Gasteiger partial charge is 0.373 e. The highest BCUT2D eigenvalue weighted by Gasteiger charge is 2.20. The van der Waals surface area contributed by atoms with Gasteiger partial charge in [0.25, 0.3) is 0 Å². The van der Waals surface area contributed by atoms with E-state index in [1.54, 1.807) is 20.2 Å². The van der Waals surface area contributed by atoms with Crippen molar-refractivity contribution in [1.29, 1.82) is 0 Å². The molecule has 0 aliphatic rings. The summed E-state index contributed by atoms with van der Waals surface area (Å²) in [6, 6.07) is 2.59. The smallest absolute Gasteiger partial charge is 0.241 e. The fraction of sp³-hybridized carbons (Fsp3) is 0.385. The molecule has 1 unspecified atom stereocenters. The summed E-state index contributed by atoms with van der Waals surface area (Å²) in [6.07, 6.45) is 4.15. The molecule has 0 spiro atoms. The Kier molecular flexibility index (Phi) is 4.92. The summed E-state index contributed by atoms with van der Waals surface area (Å²) in [4.78, 5) is 9.59. The number of pyridine rings is 1. The lowest BCUT2D eigenvalue weighted by Gasteiger charge is -2.12. The minimum atomic E-state index is -3.60. The third kappa shape index (κ3) is 3.78. The van der Waals surface area contributed by atoms with Crippen LogP contribution in [0, 0.1) is 0 Å². The number of aryl methyl sites for hydroxylation is 1. The summed E-state index contributed by atoms with van der Waals surface area (Å²) in [5.74, 6) is 0.507. The van der Waals surface area contributed by atoms with Crippen molar-refractivity contribution in [3.8, 4) is 0 Å². The number of rotatable bonds is 6. The van der Waals surface area contributed by atoms with Gasteiger partial charge in [-0.05, 0) is 19.4 Å². The summed E-state index contributed by atoms with van der Waals surface area (Å²) in [5, 5.41) is 3.58. The van der Waals surface area contributed by atoms with Crippen LogP contribution in [0.5, 0.6) is 0 Å². The summed E-state index contributed by atoms with van der Waals surface area (Å²) >= 11 is 1.52. The molecule has 8 heteroatoms. The molecule has 0 bridgehead atoms. The molecule has 0 fully saturated rings. The van der Waals surface area contributed by atoms with E-state index in [0.717, 1.165) is 16.3 Å². The minimum Gasteiger partial charge on any atom is -0.373 e. The Labute approximate surface area is 128 Å². The number of hydrogen-bond donors (Lipinski definition) is 2. The number of nitrogens with zero attached hydrogens (tertiary/aromatic N) is 2. The van der Waals surface area contributed by atoms with Gasteiger partial charge in [0.2, 0.25) is 10.0 Å². The van der Waals surface area contributed by atoms with Crippen molar-refractivity contribution in [3.63, 3.8) is 0 Å². The van der Waals surface area contributed by atoms with Crippen molar-refractivity contribution in [2.75, 3.05) is 12.4 Å². The monoisotopic (exact) mass is 326 g/mol. The standard InChI is InChI=1S/C13H18N4O2S2/c1-4-10-8-16-13(20-10)9(2)17-21(18,19)11-5-6-15-12(7-11)14-3/h5-9,17H,4H2,1-3H3,(H,14,15). The number of nitrogens with one attached hydrogen (secondary N) is 2. The molecule has 2 heterocycles. The minimum absolute atomic E-state index is 0.181. The fourth-order valence-corrected chi connectivity index (χ4v) is 3.91. The second-order valence-corrected chi connectivity index (χ2v) is 7.35. The van der Waals surface area contributed by atoms with Crippen LogP contribution in [0.2, 0.25) is 0 Å². The predicted octanol–water partition coefficient (Wildman–Crippen LogP) is 2.18. The van der Waals surface area contributed by atoms with Gasteiger partial charge in [0.1, 0.15) is 10.8 Å². The first-order valence-electron chi connectivity index (χ1n) is 6.57. The number of sulfonamides is 1. The molecule has 0 amide bonds. The Morgan fingerprint density at radius 3 is 2.76 bits per heavy atom. The molecule has 6 nitrogen and oxygen atoms in total. The van der Waals surface area contributed by atoms with Gasteiger partial charge in [0.05, 0.1) is 10.9 Å². The number of hydrogen-bond acceptors (Lipinski definition) is 6. The highest BCUT2D eigenvalue weighted by molar-refractivity contribution is 7.89. The second-order valence-electron chi connectivity index (χ2n) is 4.49. The predicted molar refractivity (Wildman–Crippen MR) is 84.0 cm³/mol. The van der Waals surface area contributed by atoms with Crippen LogP contribution in [0.3, 0.4) is 0 Å². The molecule has 0 radical (unpaired) electrons. The average Bonchev–Trinajstić information content (AvgIpc) is 2.96. The summed E-state index contributed by atoms with van der Waals surface area (Å²) in [7, 11) is -1.91. The molecule has 0 saturated heterocycles. The third-order valence-corrected chi connectivity index (χ3v) is 5.78. The molecular weight excluding hydrogens is 308 g/mol. The van der Waals surface area contributed by atoms with Gasteiger partial charge in [-0.3, -0.25) is 0 Å². The van der Waals surface area contributed by atoms with Gasteiger partial charge in [-0.1, -0.05) is 6.92 Å². The summed E-state index contributed by atoms with van der Waals surface area (Å²) in [6.45, 7) is 3.83. The van der Waals surface area contributed by atoms with E-state index in [9.17, 15) is 8.42 Å². The highest BCUT2D eigenvalue weighted by atomic mass is 32.2. The van der Waals surface area contributed by atoms with Crippen LogP contribution in [-0.2, 0) is 16.4 Å². The van der Waals surface area contributed by atoms with E-state index in [4.69, 9.17) is 0 Å². The van der Waals surface area contributed by atoms with Crippen molar-refractivity contribution in [3.05, 3.63) is 34.4 Å². The van der Waals surface area contributed by atoms with Gasteiger partial charge in [0, 0.05) is 30.4 Å². The lowest BCUT2D eigenvalue weighted by atomic mass is 10.4. The van der Waals surface area contributed by atoms with Crippen LogP contribution in [0.1, 0.15) is 29.8 Å². The van der Waals surface area contributed by atoms with Crippen LogP contribution in [0.15, 0.2) is 29.4 Å². The van der Waals surface area contributed by atoms with Crippen LogP contribution in [-0.4, -0.2) is 25.4 Å². The number of anilines is 1. The first kappa shape index (κ1) is 15.9. The number of thiazole rings is 1. The van der Waals surface area contributed by atoms with E-state index in [1.165, 1.54) is 29.7 Å². The van der Waals surface area contributed by atoms with E-state index in [0.29, 0.717) is 5.82 Å². The van der Waals surface area contributed by atoms with Gasteiger partial charge in [-0.25, -0.2) is 23.1 Å². The first-order valence-corrected chi connectivity index (χ1v) is 8.87. The first-order chi connectivity index (χ1) is 9.96. The van der Waals surface area contributed by atoms with Gasteiger partial charge in [-0.15, -0.1) is 11.3 Å². The van der Waals surface area contributed by atoms with E-state index in [2.05, 4.69) is 20.0 Å². The van der Waals surface area contributed by atoms with Gasteiger partial charge in [0.15, 0.2) is 0 Å². The molecule has 0 aromatic carbocycles. The van der Waals surface area contributed by atoms with Crippen LogP contribution in [0.25, 0.3) is 0 Å². The molecular formula is C13H18N4O2S2. The maximum Gasteiger partial charge on any atom is 0.241 e. The Morgan fingerprint density at radius 1 is 1.38 bits per heavy atom. The van der Waals surface area contributed by atoms with Gasteiger partial charge >= 0.3 is 0 Å². The topological polar surface area (TPSA) is 84.0 Å². The Bertz CT molecular complexity index is 712. The van der Waals surface area contributed by atoms with Crippen LogP contribution >= 0.6 is 11.3 Å². The van der Waals surface area contributed by atoms with Crippen molar-refractivity contribution < 1.29 is 8.42 Å². The Morgan fingerprint density at radius 2 is 2.14 bits per heavy atom. The molecule has 2 rings (SSSR count). The molecule has 2 aromatic rings. The lowest BCUT2D eigenvalue weighted by Crippen LogP contribution is -2.26. The molecule has 114 valence electrons. The van der Waals surface area contributed by atoms with Gasteiger partial charge < -0.3 is 5.32 Å². The van der Waals surface area contributed by atoms with Gasteiger partial charge in [-0.2, -0.15) is 0 Å². The summed E-state index contributed by atoms with van der Waals surface area (Å²) < 4.78 is 27.4. The maximum absolute atomic E-state index is 12.4. The van der Waals surface area contributed by atoms with Crippen LogP contribution in [0.4, 0.5) is 5.82 Å². The third-order valence-electron chi connectivity index (χ3n) is 2.92. The molecule has 0 saturated carbocycles. The Balaban J connectivity index is 2.19. The number of aromatic nitrogens is 2. The fourth-order valence-electron chi connectivity index (χ4n) is 1.75. The van der Waals surface area contributed by atoms with Crippen LogP contribution < -0.4 is 10.0 Å². The quantitative estimate of drug-likeness (QED) is 0.850. The van der Waals surface area contributed by atoms with Crippen molar-refractivity contribution >= 4 is 27.2 Å². The zero-order valence-electron chi connectivity index (χ0n) is 12.1. The zero-order valence-corrected chi connectivity index (χ0v) is 13.8. The van der Waals surface area contributed by atoms with E-state index < -0.39 is 10.0 Å². The molecule has 2 N–H and O–H groups in total. The molecule has 2 aromatic heterocycles. The van der Waals surface area contributed by atoms with E-state index in [1.807, 2.05) is 6.92 Å². The normalized spacial score (nSPS) is 13.1. The molecule has 0 aliphatic heterocycles. The SMILES string of the molecule is CCc1cnc(C(C)NS(=O)(=O)c2ccnc(NC)c2)s1. The van der Waals surface area contributed by atoms with Crippen molar-refractivity contribution in [2.45, 2.75) is 31.2 Å².